The van der Waals surface area contributed by atoms with Crippen LogP contribution in [0.15, 0.2) is 60.7 Å². The number of amides is 1. The highest BCUT2D eigenvalue weighted by molar-refractivity contribution is 7.22. The number of hydrogen-bond acceptors (Lipinski definition) is 5. The number of thiazole rings is 1. The lowest BCUT2D eigenvalue weighted by Crippen LogP contribution is -2.30. The molecule has 158 valence electrons. The van der Waals surface area contributed by atoms with Crippen molar-refractivity contribution in [2.45, 2.75) is 20.4 Å². The number of benzene rings is 3. The van der Waals surface area contributed by atoms with Crippen LogP contribution in [0.2, 0.25) is 0 Å². The quantitative estimate of drug-likeness (QED) is 0.388. The molecule has 0 aliphatic rings. The van der Waals surface area contributed by atoms with Crippen molar-refractivity contribution in [1.29, 1.82) is 0 Å². The van der Waals surface area contributed by atoms with E-state index < -0.39 is 0 Å². The van der Waals surface area contributed by atoms with Gasteiger partial charge in [0.15, 0.2) is 16.6 Å². The molecule has 0 bridgehead atoms. The summed E-state index contributed by atoms with van der Waals surface area (Å²) in [4.78, 5) is 20.2. The van der Waals surface area contributed by atoms with Gasteiger partial charge in [-0.05, 0) is 54.8 Å². The molecule has 3 aromatic carbocycles. The van der Waals surface area contributed by atoms with E-state index in [-0.39, 0.29) is 5.91 Å². The summed E-state index contributed by atoms with van der Waals surface area (Å²) in [5.41, 5.74) is 4.77. The number of rotatable bonds is 6. The number of aryl methyl sites for hydroxylation is 2. The lowest BCUT2D eigenvalue weighted by molar-refractivity contribution is 0.0984. The van der Waals surface area contributed by atoms with Crippen LogP contribution in [0.4, 0.5) is 5.13 Å². The van der Waals surface area contributed by atoms with Gasteiger partial charge in [-0.2, -0.15) is 0 Å². The number of ether oxygens (including phenoxy) is 2. The smallest absolute Gasteiger partial charge is 0.260 e. The van der Waals surface area contributed by atoms with Crippen LogP contribution in [-0.2, 0) is 6.54 Å². The Labute approximate surface area is 185 Å². The Hall–Kier alpha value is -3.38. The summed E-state index contributed by atoms with van der Waals surface area (Å²) in [7, 11) is 3.14. The van der Waals surface area contributed by atoms with Gasteiger partial charge < -0.3 is 9.47 Å². The molecular weight excluding hydrogens is 408 g/mol. The van der Waals surface area contributed by atoms with Gasteiger partial charge in [-0.1, -0.05) is 47.7 Å². The van der Waals surface area contributed by atoms with Crippen molar-refractivity contribution in [1.82, 2.24) is 4.98 Å². The predicted molar refractivity (Wildman–Crippen MR) is 126 cm³/mol. The summed E-state index contributed by atoms with van der Waals surface area (Å²) >= 11 is 1.53. The Bertz CT molecular complexity index is 1230. The molecule has 0 unspecified atom stereocenters. The van der Waals surface area contributed by atoms with E-state index in [1.165, 1.54) is 16.9 Å². The van der Waals surface area contributed by atoms with Crippen LogP contribution in [0.1, 0.15) is 27.0 Å². The van der Waals surface area contributed by atoms with E-state index in [9.17, 15) is 4.79 Å². The summed E-state index contributed by atoms with van der Waals surface area (Å²) in [5, 5.41) is 0.673. The monoisotopic (exact) mass is 432 g/mol. The number of anilines is 1. The van der Waals surface area contributed by atoms with Gasteiger partial charge in [0.1, 0.15) is 0 Å². The first-order valence-electron chi connectivity index (χ1n) is 9.95. The van der Waals surface area contributed by atoms with Gasteiger partial charge in [0.2, 0.25) is 0 Å². The first kappa shape index (κ1) is 20.9. The SMILES string of the molecule is COc1ccc(C(=O)N(Cc2ccccc2)c2nc3c(C)cc(C)cc3s2)cc1OC. The Kier molecular flexibility index (Phi) is 5.91. The summed E-state index contributed by atoms with van der Waals surface area (Å²) in [5.74, 6) is 0.960. The average molecular weight is 433 g/mol. The van der Waals surface area contributed by atoms with Crippen molar-refractivity contribution in [3.05, 3.63) is 82.9 Å². The van der Waals surface area contributed by atoms with Crippen LogP contribution < -0.4 is 14.4 Å². The second-order valence-corrected chi connectivity index (χ2v) is 8.38. The zero-order valence-electron chi connectivity index (χ0n) is 18.0. The third-order valence-corrected chi connectivity index (χ3v) is 6.13. The molecule has 0 saturated heterocycles. The first-order valence-corrected chi connectivity index (χ1v) is 10.8. The standard InChI is InChI=1S/C25H24N2O3S/c1-16-12-17(2)23-22(13-16)31-25(26-23)27(15-18-8-6-5-7-9-18)24(28)19-10-11-20(29-3)21(14-19)30-4/h5-14H,15H2,1-4H3. The highest BCUT2D eigenvalue weighted by Gasteiger charge is 2.23. The third kappa shape index (κ3) is 4.25. The van der Waals surface area contributed by atoms with E-state index in [1.807, 2.05) is 30.3 Å². The lowest BCUT2D eigenvalue weighted by atomic mass is 10.1. The van der Waals surface area contributed by atoms with E-state index >= 15 is 0 Å². The minimum atomic E-state index is -0.141. The molecule has 1 amide bonds. The summed E-state index contributed by atoms with van der Waals surface area (Å²) < 4.78 is 11.8. The third-order valence-electron chi connectivity index (χ3n) is 5.11. The second kappa shape index (κ2) is 8.78. The molecule has 1 heterocycles. The molecule has 4 aromatic rings. The van der Waals surface area contributed by atoms with E-state index in [4.69, 9.17) is 14.5 Å². The maximum atomic E-state index is 13.6. The largest absolute Gasteiger partial charge is 0.493 e. The molecule has 4 rings (SSSR count). The van der Waals surface area contributed by atoms with Crippen molar-refractivity contribution in [2.75, 3.05) is 19.1 Å². The van der Waals surface area contributed by atoms with Crippen LogP contribution >= 0.6 is 11.3 Å². The van der Waals surface area contributed by atoms with Crippen LogP contribution in [-0.4, -0.2) is 25.1 Å². The van der Waals surface area contributed by atoms with Crippen molar-refractivity contribution in [3.8, 4) is 11.5 Å². The second-order valence-electron chi connectivity index (χ2n) is 7.37. The topological polar surface area (TPSA) is 51.7 Å². The fraction of sp³-hybridized carbons (Fsp3) is 0.200. The number of aromatic nitrogens is 1. The fourth-order valence-corrected chi connectivity index (χ4v) is 4.73. The zero-order valence-corrected chi connectivity index (χ0v) is 18.8. The van der Waals surface area contributed by atoms with Crippen molar-refractivity contribution in [2.24, 2.45) is 0 Å². The summed E-state index contributed by atoms with van der Waals surface area (Å²) in [6, 6.07) is 19.4. The molecule has 0 saturated carbocycles. The van der Waals surface area contributed by atoms with E-state index in [2.05, 4.69) is 26.0 Å². The van der Waals surface area contributed by atoms with E-state index in [1.54, 1.807) is 37.3 Å². The maximum absolute atomic E-state index is 13.6. The number of methoxy groups -OCH3 is 2. The molecule has 0 spiro atoms. The Morgan fingerprint density at radius 2 is 1.71 bits per heavy atom. The van der Waals surface area contributed by atoms with Gasteiger partial charge in [-0.15, -0.1) is 0 Å². The van der Waals surface area contributed by atoms with Crippen molar-refractivity contribution >= 4 is 32.6 Å². The molecule has 0 fully saturated rings. The Balaban J connectivity index is 1.79. The molecule has 0 N–H and O–H groups in total. The van der Waals surface area contributed by atoms with Gasteiger partial charge in [-0.3, -0.25) is 9.69 Å². The molecule has 0 aliphatic carbocycles. The minimum Gasteiger partial charge on any atom is -0.493 e. The molecule has 1 aromatic heterocycles. The van der Waals surface area contributed by atoms with Crippen molar-refractivity contribution < 1.29 is 14.3 Å². The highest BCUT2D eigenvalue weighted by atomic mass is 32.1. The molecular formula is C25H24N2O3S. The highest BCUT2D eigenvalue weighted by Crippen LogP contribution is 2.34. The molecule has 5 nitrogen and oxygen atoms in total. The maximum Gasteiger partial charge on any atom is 0.260 e. The normalized spacial score (nSPS) is 10.8. The number of nitrogens with zero attached hydrogens (tertiary/aromatic N) is 2. The number of carbonyl (C=O) groups excluding carboxylic acids is 1. The minimum absolute atomic E-state index is 0.141. The molecule has 6 heteroatoms. The van der Waals surface area contributed by atoms with E-state index in [0.717, 1.165) is 21.3 Å². The molecule has 0 atom stereocenters. The van der Waals surface area contributed by atoms with Crippen LogP contribution in [0, 0.1) is 13.8 Å². The first-order chi connectivity index (χ1) is 15.0. The molecule has 31 heavy (non-hydrogen) atoms. The predicted octanol–water partition coefficient (Wildman–Crippen LogP) is 5.78. The Morgan fingerprint density at radius 1 is 0.968 bits per heavy atom. The van der Waals surface area contributed by atoms with Gasteiger partial charge in [0, 0.05) is 5.56 Å². The summed E-state index contributed by atoms with van der Waals surface area (Å²) in [6.45, 7) is 4.55. The van der Waals surface area contributed by atoms with Crippen LogP contribution in [0.25, 0.3) is 10.2 Å². The lowest BCUT2D eigenvalue weighted by Gasteiger charge is -2.21. The van der Waals surface area contributed by atoms with Gasteiger partial charge in [0.05, 0.1) is 31.0 Å². The van der Waals surface area contributed by atoms with Crippen molar-refractivity contribution in [3.63, 3.8) is 0 Å². The zero-order chi connectivity index (χ0) is 22.0. The van der Waals surface area contributed by atoms with Crippen LogP contribution in [0.3, 0.4) is 0 Å². The van der Waals surface area contributed by atoms with Gasteiger partial charge in [-0.25, -0.2) is 4.98 Å². The van der Waals surface area contributed by atoms with Crippen LogP contribution in [0.5, 0.6) is 11.5 Å². The average Bonchev–Trinajstić information content (AvgIpc) is 3.21. The fourth-order valence-electron chi connectivity index (χ4n) is 3.59. The summed E-state index contributed by atoms with van der Waals surface area (Å²) in [6.07, 6.45) is 0. The van der Waals surface area contributed by atoms with Gasteiger partial charge >= 0.3 is 0 Å². The van der Waals surface area contributed by atoms with Gasteiger partial charge in [0.25, 0.3) is 5.91 Å². The molecule has 0 aliphatic heterocycles. The Morgan fingerprint density at radius 3 is 2.42 bits per heavy atom. The number of hydrogen-bond donors (Lipinski definition) is 0. The van der Waals surface area contributed by atoms with E-state index in [0.29, 0.717) is 28.7 Å². The number of carbonyl (C=O) groups is 1. The molecule has 0 radical (unpaired) electrons. The number of fused-ring (bicyclic) bond motifs is 1.